The fourth-order valence-corrected chi connectivity index (χ4v) is 2.71. The Balaban J connectivity index is 1.96. The molecule has 1 N–H and O–H groups in total. The third kappa shape index (κ3) is 3.31. The average Bonchev–Trinajstić information content (AvgIpc) is 2.57. The molecule has 3 rings (SSSR count). The van der Waals surface area contributed by atoms with Gasteiger partial charge >= 0.3 is 0 Å². The minimum absolute atomic E-state index is 0.0536. The molecule has 0 aliphatic heterocycles. The van der Waals surface area contributed by atoms with E-state index in [1.54, 1.807) is 31.3 Å². The summed E-state index contributed by atoms with van der Waals surface area (Å²) in [4.78, 5) is 24.8. The zero-order valence-corrected chi connectivity index (χ0v) is 14.8. The van der Waals surface area contributed by atoms with Crippen LogP contribution in [0.15, 0.2) is 53.3 Å². The number of rotatable bonds is 2. The number of fused-ring (bicyclic) bond motifs is 1. The molecule has 128 valence electrons. The SMILES string of the molecule is Cn1nc(C(=O)Nc2ccc(C(C)(C)C)cc2)c2ccccc2c1=O. The van der Waals surface area contributed by atoms with Crippen molar-refractivity contribution in [3.05, 3.63) is 70.1 Å². The zero-order valence-electron chi connectivity index (χ0n) is 14.8. The van der Waals surface area contributed by atoms with Gasteiger partial charge in [0.1, 0.15) is 0 Å². The van der Waals surface area contributed by atoms with E-state index in [-0.39, 0.29) is 22.6 Å². The molecule has 0 fully saturated rings. The predicted octanol–water partition coefficient (Wildman–Crippen LogP) is 3.48. The van der Waals surface area contributed by atoms with Crippen molar-refractivity contribution in [1.29, 1.82) is 0 Å². The van der Waals surface area contributed by atoms with Gasteiger partial charge in [-0.3, -0.25) is 9.59 Å². The van der Waals surface area contributed by atoms with Crippen LogP contribution >= 0.6 is 0 Å². The number of carbonyl (C=O) groups is 1. The monoisotopic (exact) mass is 335 g/mol. The van der Waals surface area contributed by atoms with Gasteiger partial charge < -0.3 is 5.32 Å². The van der Waals surface area contributed by atoms with Crippen LogP contribution in [-0.4, -0.2) is 15.7 Å². The molecule has 0 saturated heterocycles. The van der Waals surface area contributed by atoms with Crippen LogP contribution in [0, 0.1) is 0 Å². The second-order valence-electron chi connectivity index (χ2n) is 7.10. The zero-order chi connectivity index (χ0) is 18.2. The van der Waals surface area contributed by atoms with Crippen LogP contribution in [-0.2, 0) is 12.5 Å². The number of amides is 1. The molecule has 25 heavy (non-hydrogen) atoms. The highest BCUT2D eigenvalue weighted by Crippen LogP contribution is 2.24. The molecule has 1 aromatic heterocycles. The smallest absolute Gasteiger partial charge is 0.276 e. The minimum atomic E-state index is -0.338. The van der Waals surface area contributed by atoms with Crippen LogP contribution in [0.4, 0.5) is 5.69 Å². The Morgan fingerprint density at radius 1 is 1.00 bits per heavy atom. The van der Waals surface area contributed by atoms with Crippen molar-refractivity contribution in [2.45, 2.75) is 26.2 Å². The molecule has 1 heterocycles. The highest BCUT2D eigenvalue weighted by molar-refractivity contribution is 6.11. The van der Waals surface area contributed by atoms with Gasteiger partial charge in [-0.25, -0.2) is 4.68 Å². The van der Waals surface area contributed by atoms with Crippen molar-refractivity contribution in [2.75, 3.05) is 5.32 Å². The molecule has 0 spiro atoms. The maximum atomic E-state index is 12.7. The molecule has 3 aromatic rings. The summed E-state index contributed by atoms with van der Waals surface area (Å²) in [5.74, 6) is -0.338. The van der Waals surface area contributed by atoms with Gasteiger partial charge in [0.15, 0.2) is 5.69 Å². The summed E-state index contributed by atoms with van der Waals surface area (Å²) in [6.45, 7) is 6.42. The lowest BCUT2D eigenvalue weighted by atomic mass is 9.87. The van der Waals surface area contributed by atoms with E-state index in [1.165, 1.54) is 10.2 Å². The number of nitrogens with one attached hydrogen (secondary N) is 1. The van der Waals surface area contributed by atoms with Crippen LogP contribution in [0.25, 0.3) is 10.8 Å². The molecule has 5 nitrogen and oxygen atoms in total. The molecular weight excluding hydrogens is 314 g/mol. The van der Waals surface area contributed by atoms with Crippen molar-refractivity contribution in [3.8, 4) is 0 Å². The standard InChI is InChI=1S/C20H21N3O2/c1-20(2,3)13-9-11-14(12-10-13)21-18(24)17-15-7-5-6-8-16(15)19(25)23(4)22-17/h5-12H,1-4H3,(H,21,24). The van der Waals surface area contributed by atoms with Crippen molar-refractivity contribution in [1.82, 2.24) is 9.78 Å². The Labute approximate surface area is 146 Å². The molecule has 1 amide bonds. The molecule has 5 heteroatoms. The summed E-state index contributed by atoms with van der Waals surface area (Å²) in [6.07, 6.45) is 0. The summed E-state index contributed by atoms with van der Waals surface area (Å²) in [5, 5.41) is 8.04. The maximum absolute atomic E-state index is 12.7. The number of nitrogens with zero attached hydrogens (tertiary/aromatic N) is 2. The topological polar surface area (TPSA) is 64.0 Å². The first-order valence-electron chi connectivity index (χ1n) is 8.15. The van der Waals surface area contributed by atoms with E-state index in [0.717, 1.165) is 0 Å². The van der Waals surface area contributed by atoms with Gasteiger partial charge in [0, 0.05) is 18.1 Å². The summed E-state index contributed by atoms with van der Waals surface area (Å²) >= 11 is 0. The second kappa shape index (κ2) is 6.16. The fourth-order valence-electron chi connectivity index (χ4n) is 2.71. The summed E-state index contributed by atoms with van der Waals surface area (Å²) in [6, 6.07) is 14.8. The number of hydrogen-bond donors (Lipinski definition) is 1. The van der Waals surface area contributed by atoms with E-state index in [0.29, 0.717) is 16.5 Å². The van der Waals surface area contributed by atoms with Crippen LogP contribution in [0.5, 0.6) is 0 Å². The lowest BCUT2D eigenvalue weighted by Gasteiger charge is -2.19. The normalized spacial score (nSPS) is 11.5. The molecular formula is C20H21N3O2. The number of benzene rings is 2. The molecule has 0 bridgehead atoms. The summed E-state index contributed by atoms with van der Waals surface area (Å²) < 4.78 is 1.19. The van der Waals surface area contributed by atoms with E-state index < -0.39 is 0 Å². The fraction of sp³-hybridized carbons (Fsp3) is 0.250. The molecule has 0 unspecified atom stereocenters. The molecule has 0 atom stereocenters. The van der Waals surface area contributed by atoms with E-state index >= 15 is 0 Å². The van der Waals surface area contributed by atoms with Crippen molar-refractivity contribution in [3.63, 3.8) is 0 Å². The number of aromatic nitrogens is 2. The van der Waals surface area contributed by atoms with Crippen molar-refractivity contribution >= 4 is 22.4 Å². The van der Waals surface area contributed by atoms with E-state index in [2.05, 4.69) is 31.2 Å². The van der Waals surface area contributed by atoms with Gasteiger partial charge in [0.25, 0.3) is 11.5 Å². The number of hydrogen-bond acceptors (Lipinski definition) is 3. The first-order valence-corrected chi connectivity index (χ1v) is 8.15. The van der Waals surface area contributed by atoms with Crippen LogP contribution in [0.3, 0.4) is 0 Å². The van der Waals surface area contributed by atoms with Gasteiger partial charge in [-0.2, -0.15) is 5.10 Å². The third-order valence-electron chi connectivity index (χ3n) is 4.18. The first kappa shape index (κ1) is 16.9. The summed E-state index contributed by atoms with van der Waals surface area (Å²) in [7, 11) is 1.55. The number of anilines is 1. The Kier molecular flexibility index (Phi) is 4.17. The summed E-state index contributed by atoms with van der Waals surface area (Å²) in [5.41, 5.74) is 1.95. The highest BCUT2D eigenvalue weighted by Gasteiger charge is 2.17. The molecule has 0 radical (unpaired) electrons. The van der Waals surface area contributed by atoms with Crippen molar-refractivity contribution in [2.24, 2.45) is 7.05 Å². The Morgan fingerprint density at radius 2 is 1.60 bits per heavy atom. The van der Waals surface area contributed by atoms with Crippen molar-refractivity contribution < 1.29 is 4.79 Å². The number of aryl methyl sites for hydroxylation is 1. The largest absolute Gasteiger partial charge is 0.321 e. The molecule has 0 aliphatic rings. The Bertz CT molecular complexity index is 996. The Hall–Kier alpha value is -2.95. The first-order chi connectivity index (χ1) is 11.8. The van der Waals surface area contributed by atoms with E-state index in [1.807, 2.05) is 24.3 Å². The van der Waals surface area contributed by atoms with Gasteiger partial charge in [-0.05, 0) is 29.2 Å². The lowest BCUT2D eigenvalue weighted by molar-refractivity contribution is 0.102. The molecule has 2 aromatic carbocycles. The van der Waals surface area contributed by atoms with Gasteiger partial charge in [0.05, 0.1) is 5.39 Å². The molecule has 0 aliphatic carbocycles. The van der Waals surface area contributed by atoms with Crippen LogP contribution < -0.4 is 10.9 Å². The lowest BCUT2D eigenvalue weighted by Crippen LogP contribution is -2.25. The second-order valence-corrected chi connectivity index (χ2v) is 7.10. The number of carbonyl (C=O) groups excluding carboxylic acids is 1. The Morgan fingerprint density at radius 3 is 2.20 bits per heavy atom. The highest BCUT2D eigenvalue weighted by atomic mass is 16.2. The van der Waals surface area contributed by atoms with Crippen LogP contribution in [0.1, 0.15) is 36.8 Å². The van der Waals surface area contributed by atoms with Gasteiger partial charge in [-0.15, -0.1) is 0 Å². The minimum Gasteiger partial charge on any atom is -0.321 e. The van der Waals surface area contributed by atoms with Gasteiger partial charge in [-0.1, -0.05) is 51.1 Å². The maximum Gasteiger partial charge on any atom is 0.276 e. The van der Waals surface area contributed by atoms with Crippen LogP contribution in [0.2, 0.25) is 0 Å². The third-order valence-corrected chi connectivity index (χ3v) is 4.18. The molecule has 0 saturated carbocycles. The quantitative estimate of drug-likeness (QED) is 0.780. The predicted molar refractivity (Wildman–Crippen MR) is 100 cm³/mol. The van der Waals surface area contributed by atoms with Gasteiger partial charge in [0.2, 0.25) is 0 Å². The van der Waals surface area contributed by atoms with E-state index in [9.17, 15) is 9.59 Å². The average molecular weight is 335 g/mol. The van der Waals surface area contributed by atoms with E-state index in [4.69, 9.17) is 0 Å².